The van der Waals surface area contributed by atoms with Crippen molar-refractivity contribution < 1.29 is 35.7 Å². The van der Waals surface area contributed by atoms with E-state index in [1.165, 1.54) is 13.0 Å². The summed E-state index contributed by atoms with van der Waals surface area (Å²) in [4.78, 5) is 34.5. The van der Waals surface area contributed by atoms with E-state index in [1.807, 2.05) is 12.0 Å². The number of ether oxygens (including phenoxy) is 3. The fourth-order valence-corrected chi connectivity index (χ4v) is 1.62. The fraction of sp³-hybridized carbons (Fsp3) is 0.211. The van der Waals surface area contributed by atoms with E-state index in [-0.39, 0.29) is 25.9 Å². The third-order valence-electron chi connectivity index (χ3n) is 2.89. The second-order valence-electron chi connectivity index (χ2n) is 5.09. The maximum Gasteiger partial charge on any atom is 0.425 e. The molecular weight excluding hydrogens is 352 g/mol. The molecule has 2 amide bonds. The third kappa shape index (κ3) is 8.14. The second kappa shape index (κ2) is 10.9. The lowest BCUT2D eigenvalue weighted by Crippen LogP contribution is -2.19. The first kappa shape index (κ1) is 21.1. The molecule has 0 radical (unpaired) electrons. The topological polar surface area (TPSA) is 103 Å². The van der Waals surface area contributed by atoms with Crippen molar-refractivity contribution in [2.75, 3.05) is 23.8 Å². The van der Waals surface area contributed by atoms with E-state index < -0.39 is 18.2 Å². The van der Waals surface area contributed by atoms with Crippen LogP contribution in [0.3, 0.4) is 0 Å². The van der Waals surface area contributed by atoms with Crippen LogP contribution < -0.4 is 10.6 Å². The van der Waals surface area contributed by atoms with Crippen molar-refractivity contribution >= 4 is 29.5 Å². The van der Waals surface area contributed by atoms with E-state index in [0.29, 0.717) is 11.4 Å². The standard InChI is InChI=1S/C19H18N2O6.5H2/c1-5-6-9-26-18(23)20-15-8-7-14(4)16(12-15)21-19(24)27-11-10-25-17(22)13(2)3;;;;;/h1,7-8,12H,2,10-11H2,3-4H3,(H,20,23)(H,21,24);5*1H. The van der Waals surface area contributed by atoms with E-state index >= 15 is 0 Å². The molecule has 0 atom stereocenters. The van der Waals surface area contributed by atoms with Crippen LogP contribution in [0.4, 0.5) is 21.0 Å². The zero-order valence-electron chi connectivity index (χ0n) is 14.9. The normalized spacial score (nSPS) is 8.93. The Balaban J connectivity index is -0.000000486. The summed E-state index contributed by atoms with van der Waals surface area (Å²) in [6.45, 7) is 6.48. The lowest BCUT2D eigenvalue weighted by Gasteiger charge is -2.11. The highest BCUT2D eigenvalue weighted by Gasteiger charge is 2.09. The Labute approximate surface area is 164 Å². The number of carbonyl (C=O) groups is 3. The van der Waals surface area contributed by atoms with Crippen LogP contribution in [-0.4, -0.2) is 31.4 Å². The van der Waals surface area contributed by atoms with Crippen molar-refractivity contribution in [1.29, 1.82) is 0 Å². The van der Waals surface area contributed by atoms with Gasteiger partial charge in [0.05, 0.1) is 0 Å². The maximum absolute atomic E-state index is 11.8. The molecule has 150 valence electrons. The van der Waals surface area contributed by atoms with E-state index in [1.54, 1.807) is 19.1 Å². The number of carbonyl (C=O) groups excluding carboxylic acids is 3. The zero-order valence-corrected chi connectivity index (χ0v) is 14.9. The first-order valence-electron chi connectivity index (χ1n) is 7.64. The highest BCUT2D eigenvalue weighted by Crippen LogP contribution is 2.20. The van der Waals surface area contributed by atoms with Gasteiger partial charge in [0.2, 0.25) is 0 Å². The molecule has 0 aliphatic heterocycles. The van der Waals surface area contributed by atoms with Crippen LogP contribution in [0.1, 0.15) is 19.6 Å². The van der Waals surface area contributed by atoms with Crippen molar-refractivity contribution in [3.05, 3.63) is 35.9 Å². The number of anilines is 2. The molecule has 1 aromatic rings. The van der Waals surface area contributed by atoms with Crippen molar-refractivity contribution in [1.82, 2.24) is 0 Å². The molecule has 0 heterocycles. The van der Waals surface area contributed by atoms with E-state index in [4.69, 9.17) is 15.9 Å². The number of rotatable bonds is 6. The average Bonchev–Trinajstić information content (AvgIpc) is 2.61. The summed E-state index contributed by atoms with van der Waals surface area (Å²) in [5.74, 6) is 3.57. The van der Waals surface area contributed by atoms with Gasteiger partial charge in [-0.1, -0.05) is 12.6 Å². The largest absolute Gasteiger partial charge is 0.459 e. The number of hydrogen-bond donors (Lipinski definition) is 2. The maximum atomic E-state index is 11.8. The monoisotopic (exact) mass is 380 g/mol. The Hall–Kier alpha value is -3.91. The molecule has 8 nitrogen and oxygen atoms in total. The molecule has 0 aliphatic carbocycles. The number of aryl methyl sites for hydroxylation is 1. The van der Waals surface area contributed by atoms with Gasteiger partial charge in [-0.05, 0) is 37.5 Å². The van der Waals surface area contributed by atoms with Crippen molar-refractivity contribution in [3.63, 3.8) is 0 Å². The van der Waals surface area contributed by atoms with Gasteiger partial charge < -0.3 is 14.2 Å². The average molecular weight is 380 g/mol. The number of terminal acetylenes is 1. The van der Waals surface area contributed by atoms with Crippen LogP contribution in [0.5, 0.6) is 0 Å². The highest BCUT2D eigenvalue weighted by atomic mass is 16.6. The van der Waals surface area contributed by atoms with Crippen molar-refractivity contribution in [3.8, 4) is 24.4 Å². The summed E-state index contributed by atoms with van der Waals surface area (Å²) in [6.07, 6.45) is 5.36. The molecule has 0 bridgehead atoms. The van der Waals surface area contributed by atoms with Crippen LogP contribution in [-0.2, 0) is 19.0 Å². The molecule has 0 fully saturated rings. The van der Waals surface area contributed by atoms with Gasteiger partial charge in [-0.15, -0.1) is 6.42 Å². The predicted octanol–water partition coefficient (Wildman–Crippen LogP) is 4.04. The summed E-state index contributed by atoms with van der Waals surface area (Å²) in [5.41, 5.74) is 1.75. The molecule has 0 saturated carbocycles. The minimum atomic E-state index is -0.825. The van der Waals surface area contributed by atoms with E-state index in [0.717, 1.165) is 5.56 Å². The van der Waals surface area contributed by atoms with Crippen LogP contribution in [0, 0.1) is 31.3 Å². The molecule has 1 rings (SSSR count). The SMILES string of the molecule is C#CC#COC(=O)Nc1ccc(C)c(NC(=O)OCCOC(=O)C(=C)C)c1.[HH].[HH].[HH].[HH].[HH]. The molecule has 2 N–H and O–H groups in total. The Kier molecular flexibility index (Phi) is 8.49. The molecule has 1 aromatic carbocycles. The predicted molar refractivity (Wildman–Crippen MR) is 109 cm³/mol. The van der Waals surface area contributed by atoms with Crippen molar-refractivity contribution in [2.24, 2.45) is 0 Å². The first-order valence-corrected chi connectivity index (χ1v) is 7.64. The Bertz CT molecular complexity index is 862. The summed E-state index contributed by atoms with van der Waals surface area (Å²) >= 11 is 0. The van der Waals surface area contributed by atoms with Crippen molar-refractivity contribution in [2.45, 2.75) is 13.8 Å². The smallest absolute Gasteiger partial charge is 0.425 e. The third-order valence-corrected chi connectivity index (χ3v) is 2.89. The summed E-state index contributed by atoms with van der Waals surface area (Å²) in [6, 6.07) is 4.79. The Morgan fingerprint density at radius 3 is 2.56 bits per heavy atom. The van der Waals surface area contributed by atoms with Crippen LogP contribution in [0.2, 0.25) is 0 Å². The van der Waals surface area contributed by atoms with E-state index in [2.05, 4.69) is 27.9 Å². The fourth-order valence-electron chi connectivity index (χ4n) is 1.62. The van der Waals surface area contributed by atoms with Gasteiger partial charge in [-0.25, -0.2) is 14.4 Å². The number of nitrogens with one attached hydrogen (secondary N) is 2. The van der Waals surface area contributed by atoms with Gasteiger partial charge in [0.1, 0.15) is 19.3 Å². The van der Waals surface area contributed by atoms with Gasteiger partial charge in [-0.2, -0.15) is 0 Å². The second-order valence-corrected chi connectivity index (χ2v) is 5.09. The highest BCUT2D eigenvalue weighted by molar-refractivity contribution is 5.90. The summed E-state index contributed by atoms with van der Waals surface area (Å²) in [7, 11) is 0. The van der Waals surface area contributed by atoms with Gasteiger partial charge >= 0.3 is 18.2 Å². The van der Waals surface area contributed by atoms with Gasteiger partial charge in [0, 0.05) is 30.0 Å². The molecule has 0 aromatic heterocycles. The lowest BCUT2D eigenvalue weighted by atomic mass is 10.2. The molecular formula is C19H28N2O6. The lowest BCUT2D eigenvalue weighted by molar-refractivity contribution is -0.139. The minimum absolute atomic E-state index is 0. The number of amides is 2. The van der Waals surface area contributed by atoms with Crippen LogP contribution in [0.15, 0.2) is 30.4 Å². The Morgan fingerprint density at radius 1 is 1.19 bits per heavy atom. The molecule has 0 aliphatic rings. The Morgan fingerprint density at radius 2 is 1.89 bits per heavy atom. The van der Waals surface area contributed by atoms with Gasteiger partial charge in [0.15, 0.2) is 0 Å². The van der Waals surface area contributed by atoms with E-state index in [9.17, 15) is 14.4 Å². The van der Waals surface area contributed by atoms with Crippen LogP contribution >= 0.6 is 0 Å². The molecule has 0 spiro atoms. The first-order chi connectivity index (χ1) is 12.8. The van der Waals surface area contributed by atoms with Crippen LogP contribution in [0.25, 0.3) is 0 Å². The number of benzene rings is 1. The minimum Gasteiger partial charge on any atom is -0.459 e. The molecule has 27 heavy (non-hydrogen) atoms. The van der Waals surface area contributed by atoms with Gasteiger partial charge in [0.25, 0.3) is 0 Å². The summed E-state index contributed by atoms with van der Waals surface area (Å²) in [5, 5.41) is 4.95. The molecule has 0 saturated heterocycles. The molecule has 0 unspecified atom stereocenters. The zero-order chi connectivity index (χ0) is 20.2. The number of esters is 1. The number of hydrogen-bond acceptors (Lipinski definition) is 6. The summed E-state index contributed by atoms with van der Waals surface area (Å²) < 4.78 is 14.2. The van der Waals surface area contributed by atoms with Gasteiger partial charge in [-0.3, -0.25) is 10.6 Å². The quantitative estimate of drug-likeness (QED) is 0.254. The molecule has 8 heteroatoms.